The van der Waals surface area contributed by atoms with E-state index in [1.807, 2.05) is 37.4 Å². The number of aromatic nitrogens is 2. The third kappa shape index (κ3) is 1.40. The Kier molecular flexibility index (Phi) is 1.77. The zero-order chi connectivity index (χ0) is 9.26. The van der Waals surface area contributed by atoms with Crippen LogP contribution < -0.4 is 5.56 Å². The van der Waals surface area contributed by atoms with Crippen molar-refractivity contribution in [3.05, 3.63) is 46.8 Å². The van der Waals surface area contributed by atoms with Crippen molar-refractivity contribution in [2.45, 2.75) is 0 Å². The lowest BCUT2D eigenvalue weighted by Crippen LogP contribution is -2.00. The molecular weight excluding hydrogens is 164 g/mol. The number of aromatic amines is 1. The highest BCUT2D eigenvalue weighted by atomic mass is 16.1. The van der Waals surface area contributed by atoms with Crippen LogP contribution in [0, 0.1) is 0 Å². The van der Waals surface area contributed by atoms with E-state index in [9.17, 15) is 4.79 Å². The van der Waals surface area contributed by atoms with Gasteiger partial charge in [-0.25, -0.2) is 0 Å². The predicted octanol–water partition coefficient (Wildman–Crippen LogP) is 1.38. The van der Waals surface area contributed by atoms with Crippen molar-refractivity contribution in [1.82, 2.24) is 9.78 Å². The Morgan fingerprint density at radius 1 is 1.23 bits per heavy atom. The van der Waals surface area contributed by atoms with Crippen LogP contribution in [0.15, 0.2) is 41.2 Å². The van der Waals surface area contributed by atoms with Gasteiger partial charge in [0.15, 0.2) is 0 Å². The molecule has 0 saturated carbocycles. The van der Waals surface area contributed by atoms with E-state index in [1.165, 1.54) is 0 Å². The molecule has 0 radical (unpaired) electrons. The van der Waals surface area contributed by atoms with Crippen molar-refractivity contribution in [2.75, 3.05) is 0 Å². The second-order valence-electron chi connectivity index (χ2n) is 2.93. The molecule has 66 valence electrons. The Bertz CT molecular complexity index is 453. The first kappa shape index (κ1) is 7.86. The van der Waals surface area contributed by atoms with Crippen LogP contribution in [-0.2, 0) is 7.05 Å². The summed E-state index contributed by atoms with van der Waals surface area (Å²) in [5.74, 6) is 0. The lowest BCUT2D eigenvalue weighted by molar-refractivity contribution is 0.764. The fourth-order valence-electron chi connectivity index (χ4n) is 1.36. The minimum Gasteiger partial charge on any atom is -0.288 e. The molecule has 0 bridgehead atoms. The fourth-order valence-corrected chi connectivity index (χ4v) is 1.36. The largest absolute Gasteiger partial charge is 0.288 e. The van der Waals surface area contributed by atoms with Gasteiger partial charge < -0.3 is 0 Å². The molecule has 3 heteroatoms. The second kappa shape index (κ2) is 2.94. The standard InChI is InChI=1S/C10H10N2O/c1-12-9(7-10(13)11-12)8-5-3-2-4-6-8/h2-7H,1H3,(H,11,13). The second-order valence-corrected chi connectivity index (χ2v) is 2.93. The van der Waals surface area contributed by atoms with Crippen LogP contribution in [-0.4, -0.2) is 9.78 Å². The molecule has 0 amide bonds. The molecule has 2 aromatic rings. The minimum atomic E-state index is -0.0682. The summed E-state index contributed by atoms with van der Waals surface area (Å²) < 4.78 is 1.72. The minimum absolute atomic E-state index is 0.0682. The molecule has 1 aromatic heterocycles. The van der Waals surface area contributed by atoms with Gasteiger partial charge in [-0.2, -0.15) is 0 Å². The van der Waals surface area contributed by atoms with E-state index in [4.69, 9.17) is 0 Å². The van der Waals surface area contributed by atoms with Crippen molar-refractivity contribution >= 4 is 0 Å². The van der Waals surface area contributed by atoms with Gasteiger partial charge in [-0.1, -0.05) is 30.3 Å². The van der Waals surface area contributed by atoms with E-state index in [1.54, 1.807) is 10.7 Å². The first-order chi connectivity index (χ1) is 6.27. The molecule has 0 atom stereocenters. The SMILES string of the molecule is Cn1[nH]c(=O)cc1-c1ccccc1. The lowest BCUT2D eigenvalue weighted by atomic mass is 10.1. The van der Waals surface area contributed by atoms with Gasteiger partial charge in [-0.15, -0.1) is 0 Å². The maximum atomic E-state index is 11.0. The van der Waals surface area contributed by atoms with E-state index < -0.39 is 0 Å². The Morgan fingerprint density at radius 3 is 2.46 bits per heavy atom. The van der Waals surface area contributed by atoms with Crippen LogP contribution in [0.2, 0.25) is 0 Å². The van der Waals surface area contributed by atoms with E-state index in [-0.39, 0.29) is 5.56 Å². The van der Waals surface area contributed by atoms with Crippen LogP contribution >= 0.6 is 0 Å². The van der Waals surface area contributed by atoms with E-state index >= 15 is 0 Å². The molecule has 0 aliphatic rings. The summed E-state index contributed by atoms with van der Waals surface area (Å²) in [6.45, 7) is 0. The number of nitrogens with zero attached hydrogens (tertiary/aromatic N) is 1. The molecule has 0 aliphatic carbocycles. The van der Waals surface area contributed by atoms with Gasteiger partial charge in [-0.05, 0) is 5.56 Å². The fraction of sp³-hybridized carbons (Fsp3) is 0.100. The number of hydrogen-bond donors (Lipinski definition) is 1. The zero-order valence-corrected chi connectivity index (χ0v) is 7.32. The molecule has 1 N–H and O–H groups in total. The maximum Gasteiger partial charge on any atom is 0.264 e. The molecule has 0 spiro atoms. The van der Waals surface area contributed by atoms with Gasteiger partial charge in [-0.3, -0.25) is 14.6 Å². The highest BCUT2D eigenvalue weighted by Crippen LogP contribution is 2.14. The summed E-state index contributed by atoms with van der Waals surface area (Å²) in [4.78, 5) is 11.0. The number of hydrogen-bond acceptors (Lipinski definition) is 1. The summed E-state index contributed by atoms with van der Waals surface area (Å²) in [7, 11) is 1.82. The normalized spacial score (nSPS) is 10.2. The van der Waals surface area contributed by atoms with Crippen LogP contribution in [0.5, 0.6) is 0 Å². The molecular formula is C10H10N2O. The summed E-state index contributed by atoms with van der Waals surface area (Å²) in [5, 5.41) is 2.67. The van der Waals surface area contributed by atoms with Crippen molar-refractivity contribution in [3.8, 4) is 11.3 Å². The van der Waals surface area contributed by atoms with Gasteiger partial charge in [0.2, 0.25) is 0 Å². The Hall–Kier alpha value is -1.77. The summed E-state index contributed by atoms with van der Waals surface area (Å²) in [5.41, 5.74) is 1.88. The topological polar surface area (TPSA) is 37.8 Å². The van der Waals surface area contributed by atoms with Crippen LogP contribution in [0.25, 0.3) is 11.3 Å². The van der Waals surface area contributed by atoms with Gasteiger partial charge in [0.1, 0.15) is 0 Å². The highest BCUT2D eigenvalue weighted by molar-refractivity contribution is 5.58. The summed E-state index contributed by atoms with van der Waals surface area (Å²) in [6, 6.07) is 11.4. The molecule has 13 heavy (non-hydrogen) atoms. The van der Waals surface area contributed by atoms with E-state index in [0.29, 0.717) is 0 Å². The molecule has 1 heterocycles. The monoisotopic (exact) mass is 174 g/mol. The first-order valence-electron chi connectivity index (χ1n) is 4.09. The van der Waals surface area contributed by atoms with E-state index in [2.05, 4.69) is 5.10 Å². The third-order valence-electron chi connectivity index (χ3n) is 1.98. The van der Waals surface area contributed by atoms with Crippen molar-refractivity contribution in [1.29, 1.82) is 0 Å². The Labute approximate surface area is 75.6 Å². The molecule has 0 fully saturated rings. The third-order valence-corrected chi connectivity index (χ3v) is 1.98. The molecule has 2 rings (SSSR count). The van der Waals surface area contributed by atoms with Crippen molar-refractivity contribution in [3.63, 3.8) is 0 Å². The maximum absolute atomic E-state index is 11.0. The number of benzene rings is 1. The average molecular weight is 174 g/mol. The van der Waals surface area contributed by atoms with Crippen molar-refractivity contribution in [2.24, 2.45) is 7.05 Å². The molecule has 0 saturated heterocycles. The highest BCUT2D eigenvalue weighted by Gasteiger charge is 2.01. The number of aryl methyl sites for hydroxylation is 1. The van der Waals surface area contributed by atoms with Crippen LogP contribution in [0.1, 0.15) is 0 Å². The molecule has 0 unspecified atom stereocenters. The Morgan fingerprint density at radius 2 is 1.92 bits per heavy atom. The number of rotatable bonds is 1. The smallest absolute Gasteiger partial charge is 0.264 e. The summed E-state index contributed by atoms with van der Waals surface area (Å²) in [6.07, 6.45) is 0. The molecule has 1 aromatic carbocycles. The average Bonchev–Trinajstić information content (AvgIpc) is 2.47. The molecule has 3 nitrogen and oxygen atoms in total. The predicted molar refractivity (Wildman–Crippen MR) is 51.5 cm³/mol. The first-order valence-corrected chi connectivity index (χ1v) is 4.09. The lowest BCUT2D eigenvalue weighted by Gasteiger charge is -2.00. The number of H-pyrrole nitrogens is 1. The quantitative estimate of drug-likeness (QED) is 0.696. The summed E-state index contributed by atoms with van der Waals surface area (Å²) >= 11 is 0. The van der Waals surface area contributed by atoms with Crippen LogP contribution in [0.4, 0.5) is 0 Å². The molecule has 0 aliphatic heterocycles. The van der Waals surface area contributed by atoms with Gasteiger partial charge in [0.05, 0.1) is 5.69 Å². The van der Waals surface area contributed by atoms with Crippen molar-refractivity contribution < 1.29 is 0 Å². The van der Waals surface area contributed by atoms with Crippen LogP contribution in [0.3, 0.4) is 0 Å². The van der Waals surface area contributed by atoms with Gasteiger partial charge in [0.25, 0.3) is 5.56 Å². The van der Waals surface area contributed by atoms with Gasteiger partial charge in [0, 0.05) is 13.1 Å². The van der Waals surface area contributed by atoms with E-state index in [0.717, 1.165) is 11.3 Å². The van der Waals surface area contributed by atoms with Gasteiger partial charge >= 0.3 is 0 Å². The zero-order valence-electron chi connectivity index (χ0n) is 7.32. The Balaban J connectivity index is 2.59. The number of nitrogens with one attached hydrogen (secondary N) is 1.